The number of halogens is 1. The number of morpholine rings is 1. The lowest BCUT2D eigenvalue weighted by Gasteiger charge is -2.29. The second-order valence-electron chi connectivity index (χ2n) is 7.95. The van der Waals surface area contributed by atoms with Gasteiger partial charge in [-0.15, -0.1) is 0 Å². The zero-order valence-electron chi connectivity index (χ0n) is 18.0. The van der Waals surface area contributed by atoms with E-state index in [4.69, 9.17) is 4.74 Å². The van der Waals surface area contributed by atoms with Crippen LogP contribution in [0.1, 0.15) is 11.3 Å². The number of aryl methyl sites for hydroxylation is 1. The molecule has 33 heavy (non-hydrogen) atoms. The van der Waals surface area contributed by atoms with E-state index in [1.165, 1.54) is 17.1 Å². The maximum atomic E-state index is 15.0. The van der Waals surface area contributed by atoms with E-state index in [-0.39, 0.29) is 23.3 Å². The summed E-state index contributed by atoms with van der Waals surface area (Å²) in [5.74, 6) is -0.762. The number of ether oxygens (including phenoxy) is 1. The molecule has 1 aliphatic rings. The molecule has 168 valence electrons. The van der Waals surface area contributed by atoms with Crippen LogP contribution in [0.5, 0.6) is 5.75 Å². The Hall–Kier alpha value is -3.85. The maximum absolute atomic E-state index is 15.0. The van der Waals surface area contributed by atoms with Crippen molar-refractivity contribution in [2.45, 2.75) is 6.42 Å². The van der Waals surface area contributed by atoms with E-state index in [1.54, 1.807) is 19.2 Å². The number of hydrogen-bond donors (Lipinski definition) is 1. The van der Waals surface area contributed by atoms with Gasteiger partial charge in [-0.2, -0.15) is 5.10 Å². The normalized spacial score (nSPS) is 14.1. The van der Waals surface area contributed by atoms with Crippen molar-refractivity contribution in [1.29, 1.82) is 0 Å². The van der Waals surface area contributed by atoms with Crippen molar-refractivity contribution in [3.8, 4) is 17.0 Å². The van der Waals surface area contributed by atoms with Crippen molar-refractivity contribution in [2.24, 2.45) is 7.05 Å². The summed E-state index contributed by atoms with van der Waals surface area (Å²) in [4.78, 5) is 22.6. The first kappa shape index (κ1) is 21.0. The Morgan fingerprint density at radius 1 is 1.09 bits per heavy atom. The highest BCUT2D eigenvalue weighted by Crippen LogP contribution is 2.34. The molecule has 1 aliphatic heterocycles. The number of anilines is 1. The predicted molar refractivity (Wildman–Crippen MR) is 122 cm³/mol. The van der Waals surface area contributed by atoms with Crippen molar-refractivity contribution in [2.75, 3.05) is 31.2 Å². The number of nitrogens with zero attached hydrogens (tertiary/aromatic N) is 5. The monoisotopic (exact) mass is 447 g/mol. The Labute approximate surface area is 188 Å². The van der Waals surface area contributed by atoms with Crippen LogP contribution in [-0.4, -0.2) is 51.2 Å². The van der Waals surface area contributed by atoms with Crippen LogP contribution in [0.25, 0.3) is 22.2 Å². The second-order valence-corrected chi connectivity index (χ2v) is 7.95. The maximum Gasteiger partial charge on any atom is 0.266 e. The van der Waals surface area contributed by atoms with Crippen LogP contribution >= 0.6 is 0 Å². The minimum atomic E-state index is -0.582. The summed E-state index contributed by atoms with van der Waals surface area (Å²) in [6.45, 7) is 2.97. The number of fused-ring (bicyclic) bond motifs is 1. The van der Waals surface area contributed by atoms with Gasteiger partial charge >= 0.3 is 0 Å². The van der Waals surface area contributed by atoms with E-state index in [0.717, 1.165) is 24.8 Å². The van der Waals surface area contributed by atoms with Gasteiger partial charge in [0.05, 0.1) is 30.1 Å². The van der Waals surface area contributed by atoms with E-state index in [0.29, 0.717) is 41.1 Å². The molecule has 0 saturated carbocycles. The summed E-state index contributed by atoms with van der Waals surface area (Å²) in [6, 6.07) is 11.5. The fourth-order valence-electron chi connectivity index (χ4n) is 4.05. The molecule has 1 N–H and O–H groups in total. The Bertz CT molecular complexity index is 1400. The van der Waals surface area contributed by atoms with Crippen LogP contribution in [0, 0.1) is 5.82 Å². The number of hydrogen-bond acceptors (Lipinski definition) is 7. The Balaban J connectivity index is 1.55. The molecular weight excluding hydrogens is 425 g/mol. The quantitative estimate of drug-likeness (QED) is 0.514. The van der Waals surface area contributed by atoms with E-state index in [1.807, 2.05) is 18.2 Å². The van der Waals surface area contributed by atoms with Crippen molar-refractivity contribution >= 4 is 16.6 Å². The fourth-order valence-corrected chi connectivity index (χ4v) is 4.05. The van der Waals surface area contributed by atoms with E-state index >= 15 is 0 Å². The number of phenols is 1. The van der Waals surface area contributed by atoms with Crippen molar-refractivity contribution in [1.82, 2.24) is 19.7 Å². The molecule has 0 radical (unpaired) electrons. The van der Waals surface area contributed by atoms with Crippen LogP contribution in [0.3, 0.4) is 0 Å². The van der Waals surface area contributed by atoms with Gasteiger partial charge < -0.3 is 14.7 Å². The molecule has 1 saturated heterocycles. The smallest absolute Gasteiger partial charge is 0.266 e. The van der Waals surface area contributed by atoms with Crippen LogP contribution in [0.4, 0.5) is 10.1 Å². The number of phenolic OH excluding ortho intramolecular Hbond substituents is 1. The average Bonchev–Trinajstić information content (AvgIpc) is 2.83. The summed E-state index contributed by atoms with van der Waals surface area (Å²) in [6.07, 6.45) is 1.65. The summed E-state index contributed by atoms with van der Waals surface area (Å²) in [5, 5.41) is 15.3. The molecule has 0 unspecified atom stereocenters. The molecule has 0 spiro atoms. The molecular formula is C24H22FN5O3. The van der Waals surface area contributed by atoms with Crippen molar-refractivity contribution < 1.29 is 14.2 Å². The average molecular weight is 447 g/mol. The first-order chi connectivity index (χ1) is 16.0. The van der Waals surface area contributed by atoms with Crippen LogP contribution in [-0.2, 0) is 18.2 Å². The van der Waals surface area contributed by atoms with Gasteiger partial charge in [0, 0.05) is 60.9 Å². The first-order valence-corrected chi connectivity index (χ1v) is 10.6. The highest BCUT2D eigenvalue weighted by atomic mass is 19.1. The second kappa shape index (κ2) is 8.59. The number of benzene rings is 2. The largest absolute Gasteiger partial charge is 0.508 e. The zero-order valence-corrected chi connectivity index (χ0v) is 18.0. The van der Waals surface area contributed by atoms with Crippen LogP contribution < -0.4 is 10.5 Å². The third kappa shape index (κ3) is 4.14. The van der Waals surface area contributed by atoms with Gasteiger partial charge in [0.1, 0.15) is 17.9 Å². The van der Waals surface area contributed by atoms with E-state index in [2.05, 4.69) is 20.0 Å². The third-order valence-corrected chi connectivity index (χ3v) is 5.81. The van der Waals surface area contributed by atoms with Crippen LogP contribution in [0.2, 0.25) is 0 Å². The van der Waals surface area contributed by atoms with Crippen molar-refractivity contribution in [3.05, 3.63) is 76.2 Å². The van der Waals surface area contributed by atoms with Crippen LogP contribution in [0.15, 0.2) is 53.6 Å². The summed E-state index contributed by atoms with van der Waals surface area (Å²) in [5.41, 5.74) is 3.27. The molecule has 0 amide bonds. The third-order valence-electron chi connectivity index (χ3n) is 5.81. The molecule has 3 heterocycles. The molecule has 4 aromatic rings. The number of rotatable bonds is 4. The van der Waals surface area contributed by atoms with Gasteiger partial charge in [-0.3, -0.25) is 4.79 Å². The molecule has 8 nitrogen and oxygen atoms in total. The van der Waals surface area contributed by atoms with E-state index < -0.39 is 5.82 Å². The molecule has 0 atom stereocenters. The summed E-state index contributed by atoms with van der Waals surface area (Å²) >= 11 is 0. The highest BCUT2D eigenvalue weighted by molar-refractivity contribution is 5.94. The first-order valence-electron chi connectivity index (χ1n) is 10.6. The van der Waals surface area contributed by atoms with Gasteiger partial charge in [0.15, 0.2) is 0 Å². The van der Waals surface area contributed by atoms with Gasteiger partial charge in [-0.05, 0) is 30.3 Å². The topological polar surface area (TPSA) is 93.4 Å². The van der Waals surface area contributed by atoms with E-state index in [9.17, 15) is 14.3 Å². The highest BCUT2D eigenvalue weighted by Gasteiger charge is 2.17. The summed E-state index contributed by atoms with van der Waals surface area (Å²) < 4.78 is 21.6. The Morgan fingerprint density at radius 2 is 1.91 bits per heavy atom. The predicted octanol–water partition coefficient (Wildman–Crippen LogP) is 2.66. The minimum Gasteiger partial charge on any atom is -0.508 e. The molecule has 1 fully saturated rings. The zero-order chi connectivity index (χ0) is 22.9. The lowest BCUT2D eigenvalue weighted by molar-refractivity contribution is 0.122. The Morgan fingerprint density at radius 3 is 2.70 bits per heavy atom. The standard InChI is InChI=1S/C24H22FN5O3/c1-29-23(32)5-2-16(28-29)10-15-11-19(20(25)13-22(15)31)24-18-4-3-17(12-21(18)26-14-27-24)30-6-8-33-9-7-30/h2-5,11-14,31H,6-10H2,1H3. The van der Waals surface area contributed by atoms with Gasteiger partial charge in [-0.25, -0.2) is 19.0 Å². The summed E-state index contributed by atoms with van der Waals surface area (Å²) in [7, 11) is 1.56. The number of aromatic hydroxyl groups is 1. The molecule has 5 rings (SSSR count). The molecule has 2 aromatic heterocycles. The molecule has 9 heteroatoms. The minimum absolute atomic E-state index is 0.181. The molecule has 0 aliphatic carbocycles. The van der Waals surface area contributed by atoms with Gasteiger partial charge in [0.2, 0.25) is 0 Å². The Kier molecular flexibility index (Phi) is 5.47. The number of aromatic nitrogens is 4. The van der Waals surface area contributed by atoms with Gasteiger partial charge in [-0.1, -0.05) is 0 Å². The van der Waals surface area contributed by atoms with Crippen molar-refractivity contribution in [3.63, 3.8) is 0 Å². The molecule has 2 aromatic carbocycles. The lowest BCUT2D eigenvalue weighted by Crippen LogP contribution is -2.36. The van der Waals surface area contributed by atoms with Gasteiger partial charge in [0.25, 0.3) is 5.56 Å². The SMILES string of the molecule is Cn1nc(Cc2cc(-c3ncnc4cc(N5CCOCC5)ccc34)c(F)cc2O)ccc1=O. The fraction of sp³-hybridized carbons (Fsp3) is 0.250. The lowest BCUT2D eigenvalue weighted by atomic mass is 10.00. The molecule has 0 bridgehead atoms.